The summed E-state index contributed by atoms with van der Waals surface area (Å²) >= 11 is 0. The number of hydrogen-bond donors (Lipinski definition) is 1. The predicted octanol–water partition coefficient (Wildman–Crippen LogP) is 0.973. The molecule has 10 heteroatoms. The van der Waals surface area contributed by atoms with Crippen molar-refractivity contribution in [2.75, 3.05) is 13.1 Å². The minimum absolute atomic E-state index is 0.00969. The fourth-order valence-corrected chi connectivity index (χ4v) is 5.69. The molecule has 0 unspecified atom stereocenters. The van der Waals surface area contributed by atoms with Gasteiger partial charge >= 0.3 is 5.69 Å². The Morgan fingerprint density at radius 2 is 1.94 bits per heavy atom. The van der Waals surface area contributed by atoms with Crippen molar-refractivity contribution in [3.05, 3.63) is 51.7 Å². The Kier molecular flexibility index (Phi) is 4.72. The predicted molar refractivity (Wildman–Crippen MR) is 119 cm³/mol. The van der Waals surface area contributed by atoms with E-state index in [-0.39, 0.29) is 29.3 Å². The van der Waals surface area contributed by atoms with Gasteiger partial charge in [0.15, 0.2) is 0 Å². The molecule has 2 saturated carbocycles. The molecular weight excluding hydrogens is 432 g/mol. The zero-order valence-electron chi connectivity index (χ0n) is 17.9. The number of rotatable bonds is 7. The van der Waals surface area contributed by atoms with E-state index in [9.17, 15) is 22.8 Å². The fraction of sp³-hybridized carbons (Fsp3) is 0.500. The van der Waals surface area contributed by atoms with Gasteiger partial charge in [-0.2, -0.15) is 0 Å². The van der Waals surface area contributed by atoms with Crippen molar-refractivity contribution in [3.63, 3.8) is 0 Å². The van der Waals surface area contributed by atoms with Crippen LogP contribution in [0.3, 0.4) is 0 Å². The number of sulfonamides is 1. The number of benzene rings is 1. The molecule has 1 aliphatic heterocycles. The molecule has 0 spiro atoms. The van der Waals surface area contributed by atoms with Crippen LogP contribution in [-0.2, 0) is 21.4 Å². The largest absolute Gasteiger partial charge is 0.335 e. The van der Waals surface area contributed by atoms with Gasteiger partial charge in [-0.05, 0) is 62.8 Å². The molecule has 5 rings (SSSR count). The number of hydrogen-bond acceptors (Lipinski definition) is 5. The van der Waals surface area contributed by atoms with E-state index in [0.717, 1.165) is 25.7 Å². The van der Waals surface area contributed by atoms with Crippen molar-refractivity contribution in [2.45, 2.75) is 55.6 Å². The SMILES string of the molecule is C=CC(=O)N1CC(n2c(=O)c3cc(S(=O)(=O)NC4(C)CC4)ccc3n(CC3CC3)c2=O)C1. The maximum absolute atomic E-state index is 13.4. The molecule has 9 nitrogen and oxygen atoms in total. The highest BCUT2D eigenvalue weighted by atomic mass is 32.2. The molecule has 2 aromatic rings. The highest BCUT2D eigenvalue weighted by Gasteiger charge is 2.41. The number of nitrogens with zero attached hydrogens (tertiary/aromatic N) is 3. The molecule has 0 radical (unpaired) electrons. The van der Waals surface area contributed by atoms with Crippen LogP contribution in [0.5, 0.6) is 0 Å². The third-order valence-corrected chi connectivity index (χ3v) is 8.32. The van der Waals surface area contributed by atoms with Crippen molar-refractivity contribution in [3.8, 4) is 0 Å². The van der Waals surface area contributed by atoms with Crippen molar-refractivity contribution >= 4 is 26.8 Å². The summed E-state index contributed by atoms with van der Waals surface area (Å²) in [5.74, 6) is 0.128. The topological polar surface area (TPSA) is 110 Å². The Bertz CT molecular complexity index is 1360. The van der Waals surface area contributed by atoms with Crippen LogP contribution in [0.1, 0.15) is 38.6 Å². The molecule has 0 atom stereocenters. The maximum Gasteiger partial charge on any atom is 0.331 e. The lowest BCUT2D eigenvalue weighted by molar-refractivity contribution is -0.131. The normalized spacial score (nSPS) is 20.2. The smallest absolute Gasteiger partial charge is 0.331 e. The van der Waals surface area contributed by atoms with E-state index in [1.165, 1.54) is 27.7 Å². The van der Waals surface area contributed by atoms with Gasteiger partial charge in [-0.3, -0.25) is 18.7 Å². The summed E-state index contributed by atoms with van der Waals surface area (Å²) in [6.45, 7) is 6.28. The fourth-order valence-electron chi connectivity index (χ4n) is 4.20. The molecule has 1 saturated heterocycles. The second-order valence-electron chi connectivity index (χ2n) is 9.46. The van der Waals surface area contributed by atoms with Crippen LogP contribution >= 0.6 is 0 Å². The summed E-state index contributed by atoms with van der Waals surface area (Å²) in [6, 6.07) is 3.94. The highest BCUT2D eigenvalue weighted by molar-refractivity contribution is 7.89. The third-order valence-electron chi connectivity index (χ3n) is 6.69. The maximum atomic E-state index is 13.4. The Morgan fingerprint density at radius 3 is 2.53 bits per heavy atom. The van der Waals surface area contributed by atoms with Crippen LogP contribution < -0.4 is 16.0 Å². The van der Waals surface area contributed by atoms with E-state index in [2.05, 4.69) is 11.3 Å². The van der Waals surface area contributed by atoms with Gasteiger partial charge in [-0.1, -0.05) is 6.58 Å². The van der Waals surface area contributed by atoms with Crippen LogP contribution in [0.4, 0.5) is 0 Å². The molecule has 1 aromatic carbocycles. The summed E-state index contributed by atoms with van der Waals surface area (Å²) < 4.78 is 31.2. The first kappa shape index (κ1) is 21.1. The van der Waals surface area contributed by atoms with Crippen molar-refractivity contribution in [1.29, 1.82) is 0 Å². The van der Waals surface area contributed by atoms with Gasteiger partial charge in [-0.25, -0.2) is 17.9 Å². The monoisotopic (exact) mass is 458 g/mol. The number of likely N-dealkylation sites (tertiary alicyclic amines) is 1. The Hall–Kier alpha value is -2.72. The van der Waals surface area contributed by atoms with Crippen LogP contribution in [0.25, 0.3) is 10.9 Å². The summed E-state index contributed by atoms with van der Waals surface area (Å²) in [6.07, 6.45) is 4.79. The molecule has 0 bridgehead atoms. The van der Waals surface area contributed by atoms with E-state index in [1.807, 2.05) is 6.92 Å². The van der Waals surface area contributed by atoms with Gasteiger partial charge in [0.1, 0.15) is 0 Å². The first-order valence-corrected chi connectivity index (χ1v) is 12.3. The minimum Gasteiger partial charge on any atom is -0.335 e. The standard InChI is InChI=1S/C22H26N4O5S/c1-3-19(27)24-12-15(13-24)26-20(28)17-10-16(32(30,31)23-22(2)8-9-22)6-7-18(17)25(21(26)29)11-14-4-5-14/h3,6-7,10,14-15,23H,1,4-5,8-9,11-13H2,2H3. The van der Waals surface area contributed by atoms with Crippen molar-refractivity contribution < 1.29 is 13.2 Å². The molecule has 2 heterocycles. The molecule has 1 N–H and O–H groups in total. The first-order chi connectivity index (χ1) is 15.1. The van der Waals surface area contributed by atoms with Crippen LogP contribution in [0.15, 0.2) is 45.3 Å². The van der Waals surface area contributed by atoms with Crippen molar-refractivity contribution in [1.82, 2.24) is 18.8 Å². The number of carbonyl (C=O) groups excluding carboxylic acids is 1. The molecule has 3 aliphatic rings. The van der Waals surface area contributed by atoms with E-state index in [1.54, 1.807) is 10.6 Å². The highest BCUT2D eigenvalue weighted by Crippen LogP contribution is 2.36. The van der Waals surface area contributed by atoms with Gasteiger partial charge in [-0.15, -0.1) is 0 Å². The molecule has 1 aromatic heterocycles. The van der Waals surface area contributed by atoms with Crippen LogP contribution in [0.2, 0.25) is 0 Å². The molecule has 170 valence electrons. The zero-order chi connectivity index (χ0) is 22.8. The molecular formula is C22H26N4O5S. The number of amides is 1. The number of aromatic nitrogens is 2. The first-order valence-electron chi connectivity index (χ1n) is 10.9. The molecule has 2 aliphatic carbocycles. The van der Waals surface area contributed by atoms with E-state index in [0.29, 0.717) is 18.0 Å². The van der Waals surface area contributed by atoms with E-state index >= 15 is 0 Å². The van der Waals surface area contributed by atoms with Gasteiger partial charge in [0, 0.05) is 25.2 Å². The number of carbonyl (C=O) groups is 1. The molecule has 32 heavy (non-hydrogen) atoms. The van der Waals surface area contributed by atoms with Crippen molar-refractivity contribution in [2.24, 2.45) is 5.92 Å². The average Bonchev–Trinajstić information content (AvgIpc) is 3.64. The second-order valence-corrected chi connectivity index (χ2v) is 11.1. The summed E-state index contributed by atoms with van der Waals surface area (Å²) in [4.78, 5) is 40.0. The zero-order valence-corrected chi connectivity index (χ0v) is 18.7. The Labute approximate surface area is 185 Å². The third kappa shape index (κ3) is 3.61. The van der Waals surface area contributed by atoms with Crippen LogP contribution in [-0.4, -0.2) is 47.0 Å². The number of nitrogens with one attached hydrogen (secondary N) is 1. The molecule has 3 fully saturated rings. The summed E-state index contributed by atoms with van der Waals surface area (Å²) in [7, 11) is -3.79. The quantitative estimate of drug-likeness (QED) is 0.622. The van der Waals surface area contributed by atoms with Crippen LogP contribution in [0, 0.1) is 5.92 Å². The average molecular weight is 459 g/mol. The van der Waals surface area contributed by atoms with Gasteiger partial charge < -0.3 is 4.90 Å². The van der Waals surface area contributed by atoms with Gasteiger partial charge in [0.25, 0.3) is 5.56 Å². The summed E-state index contributed by atoms with van der Waals surface area (Å²) in [5.41, 5.74) is -0.934. The van der Waals surface area contributed by atoms with Gasteiger partial charge in [0.05, 0.1) is 21.8 Å². The van der Waals surface area contributed by atoms with E-state index < -0.39 is 32.9 Å². The lowest BCUT2D eigenvalue weighted by Gasteiger charge is -2.39. The Balaban J connectivity index is 1.62. The second kappa shape index (κ2) is 7.14. The lowest BCUT2D eigenvalue weighted by Crippen LogP contribution is -2.56. The van der Waals surface area contributed by atoms with Gasteiger partial charge in [0.2, 0.25) is 15.9 Å². The number of fused-ring (bicyclic) bond motifs is 1. The lowest BCUT2D eigenvalue weighted by atomic mass is 10.1. The Morgan fingerprint density at radius 1 is 1.25 bits per heavy atom. The van der Waals surface area contributed by atoms with E-state index in [4.69, 9.17) is 0 Å². The molecule has 1 amide bonds. The minimum atomic E-state index is -3.79. The summed E-state index contributed by atoms with van der Waals surface area (Å²) in [5, 5.41) is 0.197.